The molecule has 0 aromatic rings. The molecule has 8 heavy (non-hydrogen) atoms. The Hall–Kier alpha value is -0.900. The average molecular weight is 114 g/mol. The van der Waals surface area contributed by atoms with Gasteiger partial charge >= 0.3 is 0 Å². The lowest BCUT2D eigenvalue weighted by atomic mass is 10.5. The first kappa shape index (κ1) is 5.24. The Kier molecular flexibility index (Phi) is 1.26. The van der Waals surface area contributed by atoms with Gasteiger partial charge in [-0.15, -0.1) is 0 Å². The summed E-state index contributed by atoms with van der Waals surface area (Å²) in [6.07, 6.45) is 1.50. The molecule has 1 rings (SSSR count). The number of nitrogens with zero attached hydrogens (tertiary/aromatic N) is 2. The molecule has 0 aromatic heterocycles. The molecule has 0 radical (unpaired) electrons. The van der Waals surface area contributed by atoms with Crippen molar-refractivity contribution in [3.63, 3.8) is 0 Å². The number of carbonyl (C=O) groups excluding carboxylic acids is 1. The molecule has 4 heteroatoms. The second-order valence-corrected chi connectivity index (χ2v) is 1.50. The zero-order valence-electron chi connectivity index (χ0n) is 4.24. The van der Waals surface area contributed by atoms with Crippen molar-refractivity contribution in [1.29, 1.82) is 0 Å². The van der Waals surface area contributed by atoms with Gasteiger partial charge in [0.15, 0.2) is 0 Å². The minimum atomic E-state index is -0.340. The summed E-state index contributed by atoms with van der Waals surface area (Å²) in [6, 6.07) is 0. The SMILES string of the molecule is O=C1CN=CCN1O. The smallest absolute Gasteiger partial charge is 0.267 e. The molecule has 0 unspecified atom stereocenters. The molecule has 4 nitrogen and oxygen atoms in total. The van der Waals surface area contributed by atoms with Crippen LogP contribution in [-0.2, 0) is 4.79 Å². The standard InChI is InChI=1S/C4H6N2O2/c7-4-3-5-1-2-6(4)8/h1,8H,2-3H2. The van der Waals surface area contributed by atoms with Crippen LogP contribution in [0.3, 0.4) is 0 Å². The van der Waals surface area contributed by atoms with Crippen LogP contribution >= 0.6 is 0 Å². The molecular formula is C4H6N2O2. The third kappa shape index (κ3) is 0.840. The van der Waals surface area contributed by atoms with Crippen LogP contribution in [0.2, 0.25) is 0 Å². The van der Waals surface area contributed by atoms with E-state index in [-0.39, 0.29) is 19.0 Å². The fraction of sp³-hybridized carbons (Fsp3) is 0.500. The highest BCUT2D eigenvalue weighted by Crippen LogP contribution is 1.87. The normalized spacial score (nSPS) is 19.6. The number of rotatable bonds is 0. The fourth-order valence-electron chi connectivity index (χ4n) is 0.461. The number of amides is 1. The summed E-state index contributed by atoms with van der Waals surface area (Å²) in [6.45, 7) is 0.301. The lowest BCUT2D eigenvalue weighted by molar-refractivity contribution is -0.160. The van der Waals surface area contributed by atoms with Gasteiger partial charge in [0, 0.05) is 6.21 Å². The van der Waals surface area contributed by atoms with E-state index in [4.69, 9.17) is 5.21 Å². The molecule has 44 valence electrons. The lowest BCUT2D eigenvalue weighted by Gasteiger charge is -2.13. The topological polar surface area (TPSA) is 52.9 Å². The summed E-state index contributed by atoms with van der Waals surface area (Å²) < 4.78 is 0. The van der Waals surface area contributed by atoms with Crippen LogP contribution in [0.5, 0.6) is 0 Å². The second kappa shape index (κ2) is 1.92. The van der Waals surface area contributed by atoms with Crippen molar-refractivity contribution in [1.82, 2.24) is 5.06 Å². The van der Waals surface area contributed by atoms with Crippen LogP contribution in [0.1, 0.15) is 0 Å². The summed E-state index contributed by atoms with van der Waals surface area (Å²) in [5, 5.41) is 9.22. The maximum absolute atomic E-state index is 10.4. The highest BCUT2D eigenvalue weighted by molar-refractivity contribution is 5.83. The Morgan fingerprint density at radius 3 is 3.00 bits per heavy atom. The highest BCUT2D eigenvalue weighted by atomic mass is 16.5. The predicted molar refractivity (Wildman–Crippen MR) is 26.9 cm³/mol. The maximum atomic E-state index is 10.4. The Bertz CT molecular complexity index is 132. The van der Waals surface area contributed by atoms with Crippen molar-refractivity contribution >= 4 is 12.1 Å². The molecule has 0 saturated carbocycles. The van der Waals surface area contributed by atoms with E-state index in [1.165, 1.54) is 6.21 Å². The third-order valence-corrected chi connectivity index (χ3v) is 0.898. The van der Waals surface area contributed by atoms with Crippen molar-refractivity contribution in [3.8, 4) is 0 Å². The Labute approximate surface area is 46.4 Å². The van der Waals surface area contributed by atoms with Crippen LogP contribution < -0.4 is 0 Å². The van der Waals surface area contributed by atoms with Gasteiger partial charge in [-0.05, 0) is 0 Å². The van der Waals surface area contributed by atoms with Crippen LogP contribution in [0.15, 0.2) is 4.99 Å². The van der Waals surface area contributed by atoms with Gasteiger partial charge in [-0.1, -0.05) is 0 Å². The van der Waals surface area contributed by atoms with E-state index in [1.54, 1.807) is 0 Å². The van der Waals surface area contributed by atoms with Gasteiger partial charge in [-0.25, -0.2) is 5.06 Å². The minimum absolute atomic E-state index is 0.0799. The van der Waals surface area contributed by atoms with E-state index in [0.717, 1.165) is 0 Å². The molecule has 0 bridgehead atoms. The van der Waals surface area contributed by atoms with Gasteiger partial charge in [-0.3, -0.25) is 15.0 Å². The average Bonchev–Trinajstić information content (AvgIpc) is 1.77. The van der Waals surface area contributed by atoms with Gasteiger partial charge < -0.3 is 0 Å². The highest BCUT2D eigenvalue weighted by Gasteiger charge is 2.10. The Morgan fingerprint density at radius 2 is 2.62 bits per heavy atom. The van der Waals surface area contributed by atoms with E-state index in [9.17, 15) is 4.79 Å². The molecule has 0 fully saturated rings. The van der Waals surface area contributed by atoms with Crippen molar-refractivity contribution in [2.24, 2.45) is 4.99 Å². The summed E-state index contributed by atoms with van der Waals surface area (Å²) in [7, 11) is 0. The van der Waals surface area contributed by atoms with Gasteiger partial charge in [0.1, 0.15) is 6.54 Å². The van der Waals surface area contributed by atoms with E-state index in [0.29, 0.717) is 5.06 Å². The predicted octanol–water partition coefficient (Wildman–Crippen LogP) is -0.711. The lowest BCUT2D eigenvalue weighted by Crippen LogP contribution is -2.34. The zero-order valence-corrected chi connectivity index (χ0v) is 4.24. The summed E-state index contributed by atoms with van der Waals surface area (Å²) >= 11 is 0. The molecular weight excluding hydrogens is 108 g/mol. The van der Waals surface area contributed by atoms with E-state index >= 15 is 0 Å². The molecule has 0 spiro atoms. The van der Waals surface area contributed by atoms with Crippen molar-refractivity contribution < 1.29 is 10.0 Å². The first-order valence-corrected chi connectivity index (χ1v) is 2.28. The Morgan fingerprint density at radius 1 is 1.88 bits per heavy atom. The van der Waals surface area contributed by atoms with Crippen LogP contribution in [0.4, 0.5) is 0 Å². The minimum Gasteiger partial charge on any atom is -0.286 e. The quantitative estimate of drug-likeness (QED) is 0.423. The molecule has 0 saturated heterocycles. The van der Waals surface area contributed by atoms with Crippen LogP contribution in [0.25, 0.3) is 0 Å². The number of hydrogen-bond donors (Lipinski definition) is 1. The molecule has 0 aliphatic carbocycles. The van der Waals surface area contributed by atoms with Gasteiger partial charge in [0.2, 0.25) is 0 Å². The molecule has 1 heterocycles. The number of hydroxylamine groups is 2. The zero-order chi connectivity index (χ0) is 5.98. The van der Waals surface area contributed by atoms with E-state index in [1.807, 2.05) is 0 Å². The van der Waals surface area contributed by atoms with Crippen molar-refractivity contribution in [2.45, 2.75) is 0 Å². The summed E-state index contributed by atoms with van der Waals surface area (Å²) in [4.78, 5) is 14.0. The Balaban J connectivity index is 2.57. The summed E-state index contributed by atoms with van der Waals surface area (Å²) in [5.74, 6) is -0.340. The summed E-state index contributed by atoms with van der Waals surface area (Å²) in [5.41, 5.74) is 0. The van der Waals surface area contributed by atoms with Crippen LogP contribution in [-0.4, -0.2) is 35.5 Å². The van der Waals surface area contributed by atoms with Crippen molar-refractivity contribution in [2.75, 3.05) is 13.1 Å². The third-order valence-electron chi connectivity index (χ3n) is 0.898. The van der Waals surface area contributed by atoms with Crippen LogP contribution in [0, 0.1) is 0 Å². The molecule has 1 amide bonds. The first-order chi connectivity index (χ1) is 3.80. The van der Waals surface area contributed by atoms with E-state index < -0.39 is 0 Å². The first-order valence-electron chi connectivity index (χ1n) is 2.28. The van der Waals surface area contributed by atoms with Gasteiger partial charge in [-0.2, -0.15) is 0 Å². The van der Waals surface area contributed by atoms with Gasteiger partial charge in [0.05, 0.1) is 6.54 Å². The largest absolute Gasteiger partial charge is 0.286 e. The fourth-order valence-corrected chi connectivity index (χ4v) is 0.461. The monoisotopic (exact) mass is 114 g/mol. The number of carbonyl (C=O) groups is 1. The van der Waals surface area contributed by atoms with Crippen molar-refractivity contribution in [3.05, 3.63) is 0 Å². The molecule has 1 aliphatic heterocycles. The molecule has 0 aromatic carbocycles. The maximum Gasteiger partial charge on any atom is 0.267 e. The van der Waals surface area contributed by atoms with Gasteiger partial charge in [0.25, 0.3) is 5.91 Å². The second-order valence-electron chi connectivity index (χ2n) is 1.50. The van der Waals surface area contributed by atoms with E-state index in [2.05, 4.69) is 4.99 Å². The molecule has 1 aliphatic rings. The number of aliphatic imine (C=N–C) groups is 1. The number of hydrogen-bond acceptors (Lipinski definition) is 3. The molecule has 1 N–H and O–H groups in total. The molecule has 0 atom stereocenters.